The highest BCUT2D eigenvalue weighted by Gasteiger charge is 2.21. The number of pyridine rings is 1. The van der Waals surface area contributed by atoms with Crippen LogP contribution in [0.4, 0.5) is 0 Å². The van der Waals surface area contributed by atoms with Crippen molar-refractivity contribution >= 4 is 17.3 Å². The number of aromatic nitrogens is 7. The lowest BCUT2D eigenvalue weighted by Crippen LogP contribution is -2.03. The molecule has 0 aliphatic heterocycles. The molecule has 0 radical (unpaired) electrons. The molecule has 0 fully saturated rings. The van der Waals surface area contributed by atoms with Gasteiger partial charge in [-0.2, -0.15) is 15.5 Å². The van der Waals surface area contributed by atoms with E-state index in [1.807, 2.05) is 30.1 Å². The van der Waals surface area contributed by atoms with Crippen molar-refractivity contribution in [2.45, 2.75) is 19.8 Å². The molecule has 0 unspecified atom stereocenters. The maximum atomic E-state index is 11.8. The summed E-state index contributed by atoms with van der Waals surface area (Å²) in [5.41, 5.74) is 5.47. The lowest BCUT2D eigenvalue weighted by molar-refractivity contribution is 0.112. The van der Waals surface area contributed by atoms with Crippen LogP contribution in [0.25, 0.3) is 33.7 Å². The van der Waals surface area contributed by atoms with E-state index in [0.29, 0.717) is 22.5 Å². The van der Waals surface area contributed by atoms with Crippen LogP contribution in [0.5, 0.6) is 0 Å². The van der Waals surface area contributed by atoms with Gasteiger partial charge in [0, 0.05) is 36.8 Å². The molecule has 0 aliphatic carbocycles. The van der Waals surface area contributed by atoms with Crippen molar-refractivity contribution in [1.82, 2.24) is 34.1 Å². The largest absolute Gasteiger partial charge is 0.305 e. The summed E-state index contributed by atoms with van der Waals surface area (Å²) in [6.45, 7) is 4.13. The normalized spacial score (nSPS) is 11.2. The molecule has 0 atom stereocenters. The molecule has 0 spiro atoms. The highest BCUT2D eigenvalue weighted by atomic mass is 16.1. The molecule has 0 saturated carbocycles. The Bertz CT molecular complexity index is 1550. The van der Waals surface area contributed by atoms with E-state index in [9.17, 15) is 10.1 Å². The summed E-state index contributed by atoms with van der Waals surface area (Å²) in [6.07, 6.45) is 9.85. The van der Waals surface area contributed by atoms with Gasteiger partial charge in [-0.25, -0.2) is 14.6 Å². The molecule has 33 heavy (non-hydrogen) atoms. The Morgan fingerprint density at radius 3 is 2.67 bits per heavy atom. The van der Waals surface area contributed by atoms with Crippen molar-refractivity contribution in [3.63, 3.8) is 0 Å². The van der Waals surface area contributed by atoms with Gasteiger partial charge in [0.1, 0.15) is 0 Å². The number of imidazole rings is 1. The predicted octanol–water partition coefficient (Wildman–Crippen LogP) is 3.81. The second-order valence-electron chi connectivity index (χ2n) is 8.05. The Hall–Kier alpha value is -4.58. The maximum Gasteiger partial charge on any atom is 0.165 e. The third-order valence-electron chi connectivity index (χ3n) is 5.49. The molecule has 0 bridgehead atoms. The zero-order chi connectivity index (χ0) is 23.1. The summed E-state index contributed by atoms with van der Waals surface area (Å²) in [4.78, 5) is 20.9. The fraction of sp³-hybridized carbons (Fsp3) is 0.167. The van der Waals surface area contributed by atoms with E-state index >= 15 is 0 Å². The van der Waals surface area contributed by atoms with Crippen LogP contribution in [0.15, 0.2) is 55.4 Å². The number of fused-ring (bicyclic) bond motifs is 1. The number of rotatable bonds is 5. The number of aldehydes is 1. The molecule has 5 aromatic rings. The van der Waals surface area contributed by atoms with Crippen molar-refractivity contribution in [2.75, 3.05) is 0 Å². The molecule has 9 heteroatoms. The van der Waals surface area contributed by atoms with Gasteiger partial charge in [0.2, 0.25) is 0 Å². The van der Waals surface area contributed by atoms with Crippen LogP contribution < -0.4 is 0 Å². The quantitative estimate of drug-likeness (QED) is 0.388. The topological polar surface area (TPSA) is 107 Å². The van der Waals surface area contributed by atoms with Gasteiger partial charge in [-0.1, -0.05) is 13.8 Å². The van der Waals surface area contributed by atoms with Gasteiger partial charge in [0.25, 0.3) is 0 Å². The van der Waals surface area contributed by atoms with Crippen molar-refractivity contribution in [2.24, 2.45) is 7.05 Å². The Kier molecular flexibility index (Phi) is 4.83. The Balaban J connectivity index is 1.73. The van der Waals surface area contributed by atoms with Crippen LogP contribution >= 0.6 is 0 Å². The molecule has 1 aromatic carbocycles. The Labute approximate surface area is 189 Å². The molecular weight excluding hydrogens is 416 g/mol. The average molecular weight is 436 g/mol. The monoisotopic (exact) mass is 436 g/mol. The molecule has 0 aliphatic rings. The summed E-state index contributed by atoms with van der Waals surface area (Å²) in [5, 5.41) is 19.1. The third kappa shape index (κ3) is 3.38. The highest BCUT2D eigenvalue weighted by molar-refractivity contribution is 5.91. The molecule has 0 amide bonds. The highest BCUT2D eigenvalue weighted by Crippen LogP contribution is 2.32. The summed E-state index contributed by atoms with van der Waals surface area (Å²) in [7, 11) is 1.87. The van der Waals surface area contributed by atoms with Crippen LogP contribution in [-0.2, 0) is 7.05 Å². The lowest BCUT2D eigenvalue weighted by atomic mass is 10.1. The van der Waals surface area contributed by atoms with Crippen LogP contribution in [-0.4, -0.2) is 40.4 Å². The van der Waals surface area contributed by atoms with Crippen LogP contribution in [0.3, 0.4) is 0 Å². The Morgan fingerprint density at radius 1 is 1.12 bits per heavy atom. The minimum Gasteiger partial charge on any atom is -0.305 e. The number of aryl methyl sites for hydroxylation is 1. The zero-order valence-electron chi connectivity index (χ0n) is 18.3. The van der Waals surface area contributed by atoms with Crippen LogP contribution in [0.2, 0.25) is 0 Å². The number of carbonyl (C=O) groups is 1. The van der Waals surface area contributed by atoms with E-state index in [0.717, 1.165) is 34.3 Å². The van der Waals surface area contributed by atoms with E-state index in [2.05, 4.69) is 35.0 Å². The summed E-state index contributed by atoms with van der Waals surface area (Å²) in [5.74, 6) is 0.107. The first kappa shape index (κ1) is 20.3. The fourth-order valence-corrected chi connectivity index (χ4v) is 3.91. The van der Waals surface area contributed by atoms with Gasteiger partial charge >= 0.3 is 0 Å². The Morgan fingerprint density at radius 2 is 1.97 bits per heavy atom. The molecule has 9 nitrogen and oxygen atoms in total. The van der Waals surface area contributed by atoms with E-state index in [4.69, 9.17) is 5.10 Å². The first-order valence-electron chi connectivity index (χ1n) is 10.4. The van der Waals surface area contributed by atoms with E-state index in [1.54, 1.807) is 46.3 Å². The molecule has 4 aromatic heterocycles. The number of nitriles is 1. The van der Waals surface area contributed by atoms with Gasteiger partial charge in [-0.3, -0.25) is 9.48 Å². The van der Waals surface area contributed by atoms with Crippen molar-refractivity contribution < 1.29 is 4.79 Å². The number of hydrogen-bond donors (Lipinski definition) is 0. The van der Waals surface area contributed by atoms with Gasteiger partial charge in [0.05, 0.1) is 52.3 Å². The molecule has 5 rings (SSSR count). The SMILES string of the molecule is CC(C)c1nn(-c2ccc(C#N)cc2C=O)c2nccc(-n3cnc(-c4cnn(C)c4)c3)c12. The fourth-order valence-electron chi connectivity index (χ4n) is 3.91. The summed E-state index contributed by atoms with van der Waals surface area (Å²) in [6, 6.07) is 8.95. The maximum absolute atomic E-state index is 11.8. The molecule has 4 heterocycles. The smallest absolute Gasteiger partial charge is 0.165 e. The van der Waals surface area contributed by atoms with Gasteiger partial charge in [-0.15, -0.1) is 0 Å². The van der Waals surface area contributed by atoms with Crippen molar-refractivity contribution in [3.8, 4) is 28.7 Å². The number of hydrogen-bond acceptors (Lipinski definition) is 6. The summed E-state index contributed by atoms with van der Waals surface area (Å²) >= 11 is 0. The summed E-state index contributed by atoms with van der Waals surface area (Å²) < 4.78 is 5.36. The van der Waals surface area contributed by atoms with E-state index in [-0.39, 0.29) is 5.92 Å². The van der Waals surface area contributed by atoms with Gasteiger partial charge in [0.15, 0.2) is 11.9 Å². The van der Waals surface area contributed by atoms with Gasteiger partial charge < -0.3 is 4.57 Å². The van der Waals surface area contributed by atoms with E-state index in [1.165, 1.54) is 0 Å². The minimum absolute atomic E-state index is 0.107. The molecule has 162 valence electrons. The standard InChI is InChI=1S/C24H20N8O/c1-15(2)23-22-21(31-12-19(27-14-31)18-10-28-30(3)11-18)6-7-26-24(22)32(29-23)20-5-4-16(9-25)8-17(20)13-33/h4-8,10-15H,1-3H3. The molecular formula is C24H20N8O. The van der Waals surface area contributed by atoms with E-state index < -0.39 is 0 Å². The second-order valence-corrected chi connectivity index (χ2v) is 8.05. The van der Waals surface area contributed by atoms with Crippen LogP contribution in [0.1, 0.15) is 41.4 Å². The zero-order valence-corrected chi connectivity index (χ0v) is 18.3. The first-order valence-corrected chi connectivity index (χ1v) is 10.4. The number of benzene rings is 1. The number of nitrogens with zero attached hydrogens (tertiary/aromatic N) is 8. The average Bonchev–Trinajstić information content (AvgIpc) is 3.56. The van der Waals surface area contributed by atoms with Crippen molar-refractivity contribution in [3.05, 3.63) is 72.2 Å². The van der Waals surface area contributed by atoms with Crippen LogP contribution in [0, 0.1) is 11.3 Å². The third-order valence-corrected chi connectivity index (χ3v) is 5.49. The number of carbonyl (C=O) groups excluding carboxylic acids is 1. The van der Waals surface area contributed by atoms with Crippen molar-refractivity contribution in [1.29, 1.82) is 5.26 Å². The second kappa shape index (κ2) is 7.84. The molecule has 0 N–H and O–H groups in total. The predicted molar refractivity (Wildman–Crippen MR) is 122 cm³/mol. The minimum atomic E-state index is 0.107. The first-order chi connectivity index (χ1) is 16.0. The van der Waals surface area contributed by atoms with Gasteiger partial charge in [-0.05, 0) is 30.2 Å². The lowest BCUT2D eigenvalue weighted by Gasteiger charge is -2.08. The molecule has 0 saturated heterocycles.